The highest BCUT2D eigenvalue weighted by Crippen LogP contribution is 2.28. The normalized spacial score (nSPS) is 11.3. The summed E-state index contributed by atoms with van der Waals surface area (Å²) >= 11 is 0. The van der Waals surface area contributed by atoms with Crippen molar-refractivity contribution in [1.82, 2.24) is 0 Å². The Hall–Kier alpha value is -0.320. The van der Waals surface area contributed by atoms with E-state index in [1.807, 2.05) is 0 Å². The van der Waals surface area contributed by atoms with E-state index < -0.39 is 0 Å². The first-order valence-electron chi connectivity index (χ1n) is 15.2. The van der Waals surface area contributed by atoms with E-state index in [-0.39, 0.29) is 12.4 Å². The molecule has 0 aliphatic rings. The van der Waals surface area contributed by atoms with Crippen molar-refractivity contribution in [2.24, 2.45) is 0 Å². The summed E-state index contributed by atoms with van der Waals surface area (Å²) in [4.78, 5) is 0. The fraction of sp³-hybridized carbons (Fsp3) is 0.758. The van der Waals surface area contributed by atoms with Gasteiger partial charge in [0.25, 0.3) is 0 Å². The van der Waals surface area contributed by atoms with Crippen molar-refractivity contribution in [3.05, 3.63) is 34.9 Å². The van der Waals surface area contributed by atoms with Crippen LogP contribution in [0.3, 0.4) is 0 Å². The Morgan fingerprint density at radius 1 is 0.600 bits per heavy atom. The van der Waals surface area contributed by atoms with Crippen molar-refractivity contribution in [2.75, 3.05) is 6.66 Å². The van der Waals surface area contributed by atoms with E-state index in [9.17, 15) is 0 Å². The molecule has 35 heavy (non-hydrogen) atoms. The third-order valence-electron chi connectivity index (χ3n) is 7.51. The molecule has 0 aliphatic heterocycles. The van der Waals surface area contributed by atoms with Crippen molar-refractivity contribution in [1.29, 1.82) is 0 Å². The van der Waals surface area contributed by atoms with Crippen molar-refractivity contribution in [3.63, 3.8) is 0 Å². The minimum Gasteiger partial charge on any atom is -0.147 e. The van der Waals surface area contributed by atoms with Crippen LogP contribution in [0, 0.1) is 0 Å². The van der Waals surface area contributed by atoms with Gasteiger partial charge < -0.3 is 0 Å². The van der Waals surface area contributed by atoms with E-state index in [2.05, 4.69) is 46.2 Å². The molecule has 0 saturated carbocycles. The highest BCUT2D eigenvalue weighted by Gasteiger charge is 2.15. The maximum atomic E-state index is 4.32. The monoisotopic (exact) mass is 522 g/mol. The first-order chi connectivity index (χ1) is 16.7. The van der Waals surface area contributed by atoms with Gasteiger partial charge in [-0.2, -0.15) is 0 Å². The Kier molecular flexibility index (Phi) is 23.8. The largest absolute Gasteiger partial charge is 0.147 e. The lowest BCUT2D eigenvalue weighted by molar-refractivity contribution is 0.598. The lowest BCUT2D eigenvalue weighted by atomic mass is 9.87. The molecule has 0 radical (unpaired) electrons. The summed E-state index contributed by atoms with van der Waals surface area (Å²) in [6.07, 6.45) is 30.9. The maximum absolute atomic E-state index is 4.32. The molecular weight excluding hydrogens is 463 g/mol. The molecule has 1 rings (SSSR count). The summed E-state index contributed by atoms with van der Waals surface area (Å²) < 4.78 is 0. The third-order valence-corrected chi connectivity index (χ3v) is 8.50. The summed E-state index contributed by atoms with van der Waals surface area (Å²) in [5.74, 6) is 0. The van der Waals surface area contributed by atoms with Crippen LogP contribution in [0.5, 0.6) is 0 Å². The Balaban J connectivity index is 0.0000116. The SMILES string of the molecule is C=Cc1c(CCCCCCCC)cc(PC)c(CCCCCCCC)c1CCCCCCCC.Cl. The van der Waals surface area contributed by atoms with Gasteiger partial charge in [-0.1, -0.05) is 144 Å². The van der Waals surface area contributed by atoms with Crippen LogP contribution in [0.1, 0.15) is 159 Å². The number of halogens is 1. The number of hydrogen-bond donors (Lipinski definition) is 0. The molecule has 1 aromatic rings. The van der Waals surface area contributed by atoms with E-state index in [1.54, 1.807) is 22.0 Å². The average molecular weight is 523 g/mol. The predicted molar refractivity (Wildman–Crippen MR) is 169 cm³/mol. The van der Waals surface area contributed by atoms with E-state index in [4.69, 9.17) is 0 Å². The van der Waals surface area contributed by atoms with Gasteiger partial charge in [0.1, 0.15) is 0 Å². The van der Waals surface area contributed by atoms with Gasteiger partial charge in [-0.05, 0) is 72.7 Å². The average Bonchev–Trinajstić information content (AvgIpc) is 2.85. The first kappa shape index (κ1) is 34.7. The molecule has 204 valence electrons. The number of aryl methyl sites for hydroxylation is 1. The second-order valence-corrected chi connectivity index (χ2v) is 11.5. The van der Waals surface area contributed by atoms with Crippen LogP contribution in [0.4, 0.5) is 0 Å². The number of hydrogen-bond acceptors (Lipinski definition) is 0. The fourth-order valence-electron chi connectivity index (χ4n) is 5.37. The zero-order valence-electron chi connectivity index (χ0n) is 24.1. The van der Waals surface area contributed by atoms with E-state index in [0.29, 0.717) is 0 Å². The van der Waals surface area contributed by atoms with Crippen molar-refractivity contribution < 1.29 is 0 Å². The summed E-state index contributed by atoms with van der Waals surface area (Å²) in [5, 5.41) is 1.67. The zero-order valence-corrected chi connectivity index (χ0v) is 25.9. The van der Waals surface area contributed by atoms with E-state index in [1.165, 1.54) is 140 Å². The summed E-state index contributed by atoms with van der Waals surface area (Å²) in [5.41, 5.74) is 6.52. The maximum Gasteiger partial charge on any atom is -0.0195 e. The molecular formula is C33H60ClP. The molecule has 0 amide bonds. The van der Waals surface area contributed by atoms with Crippen LogP contribution >= 0.6 is 21.0 Å². The quantitative estimate of drug-likeness (QED) is 0.0989. The lowest BCUT2D eigenvalue weighted by Gasteiger charge is -2.21. The molecule has 2 heteroatoms. The van der Waals surface area contributed by atoms with Crippen LogP contribution in [-0.2, 0) is 19.3 Å². The molecule has 0 aliphatic carbocycles. The topological polar surface area (TPSA) is 0 Å². The molecule has 1 atom stereocenters. The minimum atomic E-state index is 0. The van der Waals surface area contributed by atoms with Gasteiger partial charge in [0.15, 0.2) is 0 Å². The fourth-order valence-corrected chi connectivity index (χ4v) is 6.27. The number of unbranched alkanes of at least 4 members (excludes halogenated alkanes) is 15. The van der Waals surface area contributed by atoms with Gasteiger partial charge in [0.05, 0.1) is 0 Å². The molecule has 1 unspecified atom stereocenters. The number of rotatable bonds is 23. The molecule has 0 aromatic heterocycles. The van der Waals surface area contributed by atoms with Gasteiger partial charge in [-0.15, -0.1) is 12.4 Å². The Bertz CT molecular complexity index is 636. The molecule has 0 N–H and O–H groups in total. The molecule has 1 aromatic carbocycles. The van der Waals surface area contributed by atoms with Crippen LogP contribution < -0.4 is 5.30 Å². The van der Waals surface area contributed by atoms with Crippen LogP contribution in [0.25, 0.3) is 6.08 Å². The van der Waals surface area contributed by atoms with Crippen LogP contribution in [-0.4, -0.2) is 6.66 Å². The summed E-state index contributed by atoms with van der Waals surface area (Å²) in [7, 11) is 0.908. The second-order valence-electron chi connectivity index (χ2n) is 10.5. The molecule has 0 heterocycles. The molecule has 0 fully saturated rings. The van der Waals surface area contributed by atoms with Gasteiger partial charge in [0, 0.05) is 0 Å². The highest BCUT2D eigenvalue weighted by molar-refractivity contribution is 7.46. The lowest BCUT2D eigenvalue weighted by Crippen LogP contribution is -2.14. The first-order valence-corrected chi connectivity index (χ1v) is 16.7. The zero-order chi connectivity index (χ0) is 24.9. The van der Waals surface area contributed by atoms with Gasteiger partial charge >= 0.3 is 0 Å². The van der Waals surface area contributed by atoms with Crippen LogP contribution in [0.2, 0.25) is 0 Å². The summed E-state index contributed by atoms with van der Waals surface area (Å²) in [6, 6.07) is 2.60. The van der Waals surface area contributed by atoms with E-state index >= 15 is 0 Å². The van der Waals surface area contributed by atoms with Crippen molar-refractivity contribution >= 4 is 32.4 Å². The standard InChI is InChI=1S/C33H59P.ClH/c1-6-10-13-16-19-22-25-29-28-33(34-5)32(27-24-21-18-15-12-8-3)31(30(29)9-4)26-23-20-17-14-11-7-2;/h9,28,34H,4,6-8,10-27H2,1-3,5H3;1H. The molecule has 0 saturated heterocycles. The third kappa shape index (κ3) is 14.9. The van der Waals surface area contributed by atoms with Crippen LogP contribution in [0.15, 0.2) is 12.6 Å². The number of benzene rings is 1. The second kappa shape index (κ2) is 24.0. The molecule has 0 spiro atoms. The highest BCUT2D eigenvalue weighted by atomic mass is 35.5. The van der Waals surface area contributed by atoms with Gasteiger partial charge in [-0.3, -0.25) is 0 Å². The van der Waals surface area contributed by atoms with Crippen molar-refractivity contribution in [2.45, 2.75) is 156 Å². The minimum absolute atomic E-state index is 0. The molecule has 0 nitrogen and oxygen atoms in total. The molecule has 0 bridgehead atoms. The Morgan fingerprint density at radius 2 is 1.00 bits per heavy atom. The Morgan fingerprint density at radius 3 is 1.43 bits per heavy atom. The van der Waals surface area contributed by atoms with E-state index in [0.717, 1.165) is 8.58 Å². The van der Waals surface area contributed by atoms with Gasteiger partial charge in [0.2, 0.25) is 0 Å². The smallest absolute Gasteiger partial charge is 0.0195 e. The summed E-state index contributed by atoms with van der Waals surface area (Å²) in [6.45, 7) is 13.7. The van der Waals surface area contributed by atoms with Crippen molar-refractivity contribution in [3.8, 4) is 0 Å². The Labute approximate surface area is 229 Å². The predicted octanol–water partition coefficient (Wildman–Crippen LogP) is 11.4. The van der Waals surface area contributed by atoms with Gasteiger partial charge in [-0.25, -0.2) is 0 Å².